The molecule has 0 aliphatic heterocycles. The van der Waals surface area contributed by atoms with Crippen LogP contribution in [0.1, 0.15) is 38.7 Å². The molecule has 1 fully saturated rings. The Kier molecular flexibility index (Phi) is 3.98. The summed E-state index contributed by atoms with van der Waals surface area (Å²) in [4.78, 5) is 2.33. The summed E-state index contributed by atoms with van der Waals surface area (Å²) < 4.78 is 13.3. The Labute approximate surface area is 115 Å². The van der Waals surface area contributed by atoms with Crippen LogP contribution in [0, 0.1) is 11.2 Å². The molecule has 0 amide bonds. The molecule has 1 unspecified atom stereocenters. The molecule has 0 aromatic heterocycles. The molecule has 3 heteroatoms. The van der Waals surface area contributed by atoms with Crippen molar-refractivity contribution < 1.29 is 4.39 Å². The van der Waals surface area contributed by atoms with Crippen molar-refractivity contribution in [3.05, 3.63) is 35.6 Å². The van der Waals surface area contributed by atoms with Crippen LogP contribution in [0.2, 0.25) is 0 Å². The number of nitrogens with zero attached hydrogens (tertiary/aromatic N) is 1. The quantitative estimate of drug-likeness (QED) is 0.905. The van der Waals surface area contributed by atoms with Crippen molar-refractivity contribution in [1.29, 1.82) is 0 Å². The molecule has 0 heterocycles. The van der Waals surface area contributed by atoms with E-state index in [1.165, 1.54) is 18.9 Å². The van der Waals surface area contributed by atoms with Crippen molar-refractivity contribution in [2.24, 2.45) is 11.1 Å². The Balaban J connectivity index is 2.20. The highest BCUT2D eigenvalue weighted by atomic mass is 19.1. The number of likely N-dealkylation sites (N-methyl/N-ethyl adjacent to an activating group) is 1. The smallest absolute Gasteiger partial charge is 0.123 e. The Bertz CT molecular complexity index is 444. The number of hydrogen-bond acceptors (Lipinski definition) is 2. The minimum absolute atomic E-state index is 0.0271. The van der Waals surface area contributed by atoms with E-state index >= 15 is 0 Å². The lowest BCUT2D eigenvalue weighted by molar-refractivity contribution is 0.0276. The summed E-state index contributed by atoms with van der Waals surface area (Å²) in [5.41, 5.74) is 7.36. The number of benzene rings is 1. The summed E-state index contributed by atoms with van der Waals surface area (Å²) in [6.45, 7) is 6.01. The standard InChI is InChI=1S/C16H25FN2/c1-15(2)8-5-9-16(15,12-18)19(3)11-13-6-4-7-14(17)10-13/h4,6-7,10H,5,8-9,11-12,18H2,1-3H3. The Morgan fingerprint density at radius 3 is 2.58 bits per heavy atom. The second-order valence-electron chi connectivity index (χ2n) is 6.46. The van der Waals surface area contributed by atoms with Gasteiger partial charge in [0.05, 0.1) is 0 Å². The first-order valence-corrected chi connectivity index (χ1v) is 7.07. The lowest BCUT2D eigenvalue weighted by Gasteiger charge is -2.48. The molecule has 1 saturated carbocycles. The second kappa shape index (κ2) is 5.22. The zero-order valence-corrected chi connectivity index (χ0v) is 12.2. The van der Waals surface area contributed by atoms with E-state index in [9.17, 15) is 4.39 Å². The van der Waals surface area contributed by atoms with Crippen molar-refractivity contribution in [2.75, 3.05) is 13.6 Å². The minimum atomic E-state index is -0.168. The molecule has 0 bridgehead atoms. The molecule has 0 saturated heterocycles. The van der Waals surface area contributed by atoms with Crippen molar-refractivity contribution in [3.8, 4) is 0 Å². The molecule has 1 atom stereocenters. The molecule has 2 nitrogen and oxygen atoms in total. The van der Waals surface area contributed by atoms with Gasteiger partial charge in [0.25, 0.3) is 0 Å². The van der Waals surface area contributed by atoms with E-state index in [-0.39, 0.29) is 16.8 Å². The van der Waals surface area contributed by atoms with Gasteiger partial charge in [-0.05, 0) is 43.0 Å². The van der Waals surface area contributed by atoms with Crippen molar-refractivity contribution in [2.45, 2.75) is 45.2 Å². The maximum Gasteiger partial charge on any atom is 0.123 e. The van der Waals surface area contributed by atoms with Crippen LogP contribution in [0.25, 0.3) is 0 Å². The van der Waals surface area contributed by atoms with Crippen molar-refractivity contribution in [1.82, 2.24) is 4.90 Å². The number of nitrogens with two attached hydrogens (primary N) is 1. The van der Waals surface area contributed by atoms with Gasteiger partial charge < -0.3 is 5.73 Å². The first kappa shape index (κ1) is 14.5. The highest BCUT2D eigenvalue weighted by Gasteiger charge is 2.50. The predicted octanol–water partition coefficient (Wildman–Crippen LogP) is 3.17. The van der Waals surface area contributed by atoms with Crippen LogP contribution in [0.5, 0.6) is 0 Å². The van der Waals surface area contributed by atoms with Gasteiger partial charge in [0, 0.05) is 18.6 Å². The summed E-state index contributed by atoms with van der Waals surface area (Å²) in [5, 5.41) is 0. The Hall–Kier alpha value is -0.930. The molecule has 2 N–H and O–H groups in total. The van der Waals surface area contributed by atoms with E-state index in [4.69, 9.17) is 5.73 Å². The maximum atomic E-state index is 13.3. The van der Waals surface area contributed by atoms with Crippen LogP contribution in [0.4, 0.5) is 4.39 Å². The summed E-state index contributed by atoms with van der Waals surface area (Å²) in [7, 11) is 2.12. The van der Waals surface area contributed by atoms with Crippen LogP contribution >= 0.6 is 0 Å². The third kappa shape index (κ3) is 2.54. The summed E-state index contributed by atoms with van der Waals surface area (Å²) in [5.74, 6) is -0.168. The van der Waals surface area contributed by atoms with Crippen LogP contribution in [-0.2, 0) is 6.54 Å². The van der Waals surface area contributed by atoms with Gasteiger partial charge in [-0.3, -0.25) is 4.90 Å². The normalized spacial score (nSPS) is 26.0. The van der Waals surface area contributed by atoms with Gasteiger partial charge in [0.2, 0.25) is 0 Å². The van der Waals surface area contributed by atoms with E-state index in [1.807, 2.05) is 6.07 Å². The third-order valence-electron chi connectivity index (χ3n) is 5.03. The van der Waals surface area contributed by atoms with Crippen LogP contribution < -0.4 is 5.73 Å². The fraction of sp³-hybridized carbons (Fsp3) is 0.625. The van der Waals surface area contributed by atoms with E-state index in [0.29, 0.717) is 6.54 Å². The summed E-state index contributed by atoms with van der Waals surface area (Å²) in [6, 6.07) is 6.85. The van der Waals surface area contributed by atoms with Gasteiger partial charge in [-0.2, -0.15) is 0 Å². The van der Waals surface area contributed by atoms with Crippen LogP contribution in [-0.4, -0.2) is 24.0 Å². The Morgan fingerprint density at radius 1 is 1.32 bits per heavy atom. The SMILES string of the molecule is CN(Cc1cccc(F)c1)C1(CN)CCCC1(C)C. The van der Waals surface area contributed by atoms with Crippen LogP contribution in [0.3, 0.4) is 0 Å². The first-order chi connectivity index (χ1) is 8.91. The molecular weight excluding hydrogens is 239 g/mol. The molecule has 1 aromatic rings. The molecule has 1 aromatic carbocycles. The topological polar surface area (TPSA) is 29.3 Å². The fourth-order valence-electron chi connectivity index (χ4n) is 3.70. The Morgan fingerprint density at radius 2 is 2.05 bits per heavy atom. The van der Waals surface area contributed by atoms with Gasteiger partial charge in [-0.25, -0.2) is 4.39 Å². The molecule has 19 heavy (non-hydrogen) atoms. The summed E-state index contributed by atoms with van der Waals surface area (Å²) >= 11 is 0. The average molecular weight is 264 g/mol. The van der Waals surface area contributed by atoms with Gasteiger partial charge >= 0.3 is 0 Å². The highest BCUT2D eigenvalue weighted by molar-refractivity contribution is 5.17. The minimum Gasteiger partial charge on any atom is -0.329 e. The summed E-state index contributed by atoms with van der Waals surface area (Å²) in [6.07, 6.45) is 3.55. The fourth-order valence-corrected chi connectivity index (χ4v) is 3.70. The highest BCUT2D eigenvalue weighted by Crippen LogP contribution is 2.48. The van der Waals surface area contributed by atoms with Gasteiger partial charge in [0.1, 0.15) is 5.82 Å². The number of halogens is 1. The molecule has 2 rings (SSSR count). The molecule has 106 valence electrons. The molecule has 0 radical (unpaired) electrons. The number of rotatable bonds is 4. The van der Waals surface area contributed by atoms with E-state index < -0.39 is 0 Å². The molecule has 1 aliphatic carbocycles. The van der Waals surface area contributed by atoms with Gasteiger partial charge in [-0.15, -0.1) is 0 Å². The van der Waals surface area contributed by atoms with E-state index in [1.54, 1.807) is 12.1 Å². The largest absolute Gasteiger partial charge is 0.329 e. The molecular formula is C16H25FN2. The predicted molar refractivity (Wildman–Crippen MR) is 77.3 cm³/mol. The van der Waals surface area contributed by atoms with Crippen molar-refractivity contribution in [3.63, 3.8) is 0 Å². The lowest BCUT2D eigenvalue weighted by Crippen LogP contribution is -2.58. The second-order valence-corrected chi connectivity index (χ2v) is 6.46. The van der Waals surface area contributed by atoms with Crippen molar-refractivity contribution >= 4 is 0 Å². The third-order valence-corrected chi connectivity index (χ3v) is 5.03. The zero-order valence-electron chi connectivity index (χ0n) is 12.2. The van der Waals surface area contributed by atoms with E-state index in [0.717, 1.165) is 18.5 Å². The zero-order chi connectivity index (χ0) is 14.1. The molecule has 1 aliphatic rings. The van der Waals surface area contributed by atoms with Gasteiger partial charge in [0.15, 0.2) is 0 Å². The van der Waals surface area contributed by atoms with Gasteiger partial charge in [-0.1, -0.05) is 32.4 Å². The van der Waals surface area contributed by atoms with Crippen LogP contribution in [0.15, 0.2) is 24.3 Å². The average Bonchev–Trinajstić information content (AvgIpc) is 2.65. The molecule has 0 spiro atoms. The monoisotopic (exact) mass is 264 g/mol. The van der Waals surface area contributed by atoms with E-state index in [2.05, 4.69) is 25.8 Å². The lowest BCUT2D eigenvalue weighted by atomic mass is 9.73. The first-order valence-electron chi connectivity index (χ1n) is 7.07. The maximum absolute atomic E-state index is 13.3. The number of hydrogen-bond donors (Lipinski definition) is 1.